The number of carbonyl (C=O) groups excluding carboxylic acids is 1. The van der Waals surface area contributed by atoms with Crippen molar-refractivity contribution in [2.24, 2.45) is 0 Å². The molecule has 0 heterocycles. The van der Waals surface area contributed by atoms with Crippen LogP contribution in [-0.4, -0.2) is 24.2 Å². The van der Waals surface area contributed by atoms with Gasteiger partial charge in [-0.1, -0.05) is 44.1 Å². The molecule has 0 fully saturated rings. The zero-order valence-electron chi connectivity index (χ0n) is 13.0. The third kappa shape index (κ3) is 6.46. The van der Waals surface area contributed by atoms with Gasteiger partial charge in [0.25, 0.3) is 5.91 Å². The van der Waals surface area contributed by atoms with Crippen molar-refractivity contribution in [3.8, 4) is 11.8 Å². The molecule has 1 aromatic carbocycles. The van der Waals surface area contributed by atoms with Crippen molar-refractivity contribution in [1.82, 2.24) is 5.32 Å². The van der Waals surface area contributed by atoms with Crippen LogP contribution in [0.4, 0.5) is 0 Å². The molecule has 0 aliphatic rings. The molecule has 21 heavy (non-hydrogen) atoms. The predicted molar refractivity (Wildman–Crippen MR) is 86.2 cm³/mol. The van der Waals surface area contributed by atoms with Crippen molar-refractivity contribution in [2.45, 2.75) is 46.0 Å². The summed E-state index contributed by atoms with van der Waals surface area (Å²) in [6.45, 7) is 4.89. The summed E-state index contributed by atoms with van der Waals surface area (Å²) in [6.07, 6.45) is 4.98. The summed E-state index contributed by atoms with van der Waals surface area (Å²) in [7, 11) is 0. The van der Waals surface area contributed by atoms with Gasteiger partial charge in [-0.05, 0) is 31.0 Å². The number of aryl methyl sites for hydroxylation is 1. The fourth-order valence-electron chi connectivity index (χ4n) is 2.02. The Morgan fingerprint density at radius 3 is 2.81 bits per heavy atom. The minimum absolute atomic E-state index is 0.0395. The number of unbranched alkanes of at least 4 members (excludes halogenated alkanes) is 3. The van der Waals surface area contributed by atoms with Crippen LogP contribution >= 0.6 is 0 Å². The van der Waals surface area contributed by atoms with Gasteiger partial charge in [0, 0.05) is 18.5 Å². The highest BCUT2D eigenvalue weighted by atomic mass is 16.2. The second-order valence-corrected chi connectivity index (χ2v) is 5.14. The second-order valence-electron chi connectivity index (χ2n) is 5.14. The Labute approximate surface area is 127 Å². The zero-order valence-corrected chi connectivity index (χ0v) is 13.0. The highest BCUT2D eigenvalue weighted by molar-refractivity contribution is 5.96. The highest BCUT2D eigenvalue weighted by Gasteiger charge is 2.09. The monoisotopic (exact) mass is 287 g/mol. The van der Waals surface area contributed by atoms with E-state index in [9.17, 15) is 4.79 Å². The summed E-state index contributed by atoms with van der Waals surface area (Å²) in [4.78, 5) is 12.2. The molecule has 0 aliphatic heterocycles. The van der Waals surface area contributed by atoms with Gasteiger partial charge in [0.15, 0.2) is 0 Å². The minimum atomic E-state index is -0.0696. The summed E-state index contributed by atoms with van der Waals surface area (Å²) in [5, 5.41) is 11.7. The fraction of sp³-hybridized carbons (Fsp3) is 0.500. The number of carbonyl (C=O) groups is 1. The molecule has 0 radical (unpaired) electrons. The van der Waals surface area contributed by atoms with Crippen LogP contribution in [0.2, 0.25) is 0 Å². The number of aliphatic hydroxyl groups excluding tert-OH is 1. The average Bonchev–Trinajstić information content (AvgIpc) is 2.47. The number of aliphatic hydroxyl groups is 1. The first-order valence-corrected chi connectivity index (χ1v) is 7.67. The maximum atomic E-state index is 12.2. The van der Waals surface area contributed by atoms with Crippen molar-refractivity contribution < 1.29 is 9.90 Å². The van der Waals surface area contributed by atoms with Crippen molar-refractivity contribution in [3.63, 3.8) is 0 Å². The molecule has 3 nitrogen and oxygen atoms in total. The molecule has 0 bridgehead atoms. The standard InChI is InChI=1S/C18H25NO2/c1-3-4-5-7-12-19-18(21)17-11-10-15(2)14-16(17)9-6-8-13-20/h10-11,14,20H,3-5,7-8,12-13H2,1-2H3,(H,19,21). The number of hydrogen-bond acceptors (Lipinski definition) is 2. The Hall–Kier alpha value is -1.79. The first-order valence-electron chi connectivity index (χ1n) is 7.67. The predicted octanol–water partition coefficient (Wildman–Crippen LogP) is 3.04. The van der Waals surface area contributed by atoms with Gasteiger partial charge in [0.05, 0.1) is 12.2 Å². The van der Waals surface area contributed by atoms with Crippen LogP contribution < -0.4 is 5.32 Å². The van der Waals surface area contributed by atoms with E-state index in [2.05, 4.69) is 24.1 Å². The molecule has 0 aromatic heterocycles. The van der Waals surface area contributed by atoms with Gasteiger partial charge in [-0.15, -0.1) is 0 Å². The lowest BCUT2D eigenvalue weighted by Crippen LogP contribution is -2.25. The summed E-state index contributed by atoms with van der Waals surface area (Å²) >= 11 is 0. The average molecular weight is 287 g/mol. The maximum Gasteiger partial charge on any atom is 0.252 e. The van der Waals surface area contributed by atoms with Gasteiger partial charge in [-0.3, -0.25) is 4.79 Å². The topological polar surface area (TPSA) is 49.3 Å². The third-order valence-electron chi connectivity index (χ3n) is 3.20. The van der Waals surface area contributed by atoms with Crippen LogP contribution in [0.1, 0.15) is 60.5 Å². The van der Waals surface area contributed by atoms with Gasteiger partial charge < -0.3 is 10.4 Å². The first-order chi connectivity index (χ1) is 10.2. The number of benzene rings is 1. The summed E-state index contributed by atoms with van der Waals surface area (Å²) in [5.41, 5.74) is 2.42. The number of amides is 1. The Balaban J connectivity index is 2.68. The lowest BCUT2D eigenvalue weighted by atomic mass is 10.0. The molecule has 0 saturated heterocycles. The molecule has 0 spiro atoms. The second kappa shape index (κ2) is 10.0. The number of rotatable bonds is 7. The van der Waals surface area contributed by atoms with E-state index in [0.29, 0.717) is 18.5 Å². The van der Waals surface area contributed by atoms with E-state index < -0.39 is 0 Å². The van der Waals surface area contributed by atoms with Crippen molar-refractivity contribution >= 4 is 5.91 Å². The Bertz CT molecular complexity index is 512. The highest BCUT2D eigenvalue weighted by Crippen LogP contribution is 2.11. The molecule has 1 aromatic rings. The minimum Gasteiger partial charge on any atom is -0.395 e. The molecule has 0 aliphatic carbocycles. The van der Waals surface area contributed by atoms with Crippen LogP contribution in [0.25, 0.3) is 0 Å². The first kappa shape index (κ1) is 17.3. The normalized spacial score (nSPS) is 9.86. The Kier molecular flexibility index (Phi) is 8.23. The van der Waals surface area contributed by atoms with Gasteiger partial charge in [-0.2, -0.15) is 0 Å². The molecular formula is C18H25NO2. The number of nitrogens with one attached hydrogen (secondary N) is 1. The lowest BCUT2D eigenvalue weighted by molar-refractivity contribution is 0.0952. The van der Waals surface area contributed by atoms with Crippen molar-refractivity contribution in [2.75, 3.05) is 13.2 Å². The van der Waals surface area contributed by atoms with Crippen LogP contribution in [0, 0.1) is 18.8 Å². The van der Waals surface area contributed by atoms with Gasteiger partial charge in [0.1, 0.15) is 0 Å². The fourth-order valence-corrected chi connectivity index (χ4v) is 2.02. The third-order valence-corrected chi connectivity index (χ3v) is 3.20. The van der Waals surface area contributed by atoms with Crippen molar-refractivity contribution in [1.29, 1.82) is 0 Å². The lowest BCUT2D eigenvalue weighted by Gasteiger charge is -2.08. The van der Waals surface area contributed by atoms with Crippen LogP contribution in [0.5, 0.6) is 0 Å². The quantitative estimate of drug-likeness (QED) is 0.598. The van der Waals surface area contributed by atoms with E-state index in [1.165, 1.54) is 12.8 Å². The SMILES string of the molecule is CCCCCCNC(=O)c1ccc(C)cc1C#CCCO. The van der Waals surface area contributed by atoms with Crippen LogP contribution in [0.3, 0.4) is 0 Å². The van der Waals surface area contributed by atoms with Gasteiger partial charge in [-0.25, -0.2) is 0 Å². The molecule has 1 rings (SSSR count). The van der Waals surface area contributed by atoms with Crippen molar-refractivity contribution in [3.05, 3.63) is 34.9 Å². The molecule has 114 valence electrons. The Morgan fingerprint density at radius 2 is 2.10 bits per heavy atom. The summed E-state index contributed by atoms with van der Waals surface area (Å²) in [5.74, 6) is 5.78. The van der Waals surface area contributed by atoms with E-state index >= 15 is 0 Å². The van der Waals surface area contributed by atoms with E-state index in [1.54, 1.807) is 0 Å². The van der Waals surface area contributed by atoms with Gasteiger partial charge >= 0.3 is 0 Å². The summed E-state index contributed by atoms with van der Waals surface area (Å²) < 4.78 is 0. The van der Waals surface area contributed by atoms with Crippen LogP contribution in [-0.2, 0) is 0 Å². The van der Waals surface area contributed by atoms with Crippen LogP contribution in [0.15, 0.2) is 18.2 Å². The summed E-state index contributed by atoms with van der Waals surface area (Å²) in [6, 6.07) is 5.65. The molecule has 3 heteroatoms. The smallest absolute Gasteiger partial charge is 0.252 e. The molecule has 0 saturated carbocycles. The molecule has 2 N–H and O–H groups in total. The number of hydrogen-bond donors (Lipinski definition) is 2. The molecule has 0 unspecified atom stereocenters. The van der Waals surface area contributed by atoms with E-state index in [0.717, 1.165) is 24.0 Å². The van der Waals surface area contributed by atoms with E-state index in [1.807, 2.05) is 25.1 Å². The zero-order chi connectivity index (χ0) is 15.5. The molecular weight excluding hydrogens is 262 g/mol. The van der Waals surface area contributed by atoms with E-state index in [4.69, 9.17) is 5.11 Å². The molecule has 1 amide bonds. The maximum absolute atomic E-state index is 12.2. The van der Waals surface area contributed by atoms with Gasteiger partial charge in [0.2, 0.25) is 0 Å². The molecule has 0 atom stereocenters. The Morgan fingerprint density at radius 1 is 1.29 bits per heavy atom. The largest absolute Gasteiger partial charge is 0.395 e. The van der Waals surface area contributed by atoms with E-state index in [-0.39, 0.29) is 12.5 Å².